The molecule has 1 unspecified atom stereocenters. The first-order valence-corrected chi connectivity index (χ1v) is 12.1. The lowest BCUT2D eigenvalue weighted by Gasteiger charge is -2.20. The van der Waals surface area contributed by atoms with Crippen LogP contribution in [-0.4, -0.2) is 37.5 Å². The number of carbonyl (C=O) groups is 1. The number of aliphatic hydroxyl groups is 1. The third kappa shape index (κ3) is 17.3. The molecule has 0 aliphatic carbocycles. The Bertz CT molecular complexity index is 703. The summed E-state index contributed by atoms with van der Waals surface area (Å²) >= 11 is 0. The van der Waals surface area contributed by atoms with Crippen LogP contribution in [0.15, 0.2) is 59.3 Å². The highest BCUT2D eigenvalue weighted by molar-refractivity contribution is 5.74. The standard InChI is InChI=1S/C29H48O4/c1-23(2)12-11-14-24(3)15-16-26(5)17-20-29(6,7)19-10-9-13-25(4)18-21-33-27(22-30)28(31)32-8/h10,12,15,18-19,27,30H,5,9,11,13-14,16-17,20-22H2,1-4,6-8H3/b19-10+,24-15+,25-18-. The maximum atomic E-state index is 11.4. The zero-order valence-electron chi connectivity index (χ0n) is 22.2. The van der Waals surface area contributed by atoms with Gasteiger partial charge in [-0.15, -0.1) is 0 Å². The lowest BCUT2D eigenvalue weighted by atomic mass is 9.85. The maximum absolute atomic E-state index is 11.4. The Kier molecular flexibility index (Phi) is 16.5. The first-order valence-electron chi connectivity index (χ1n) is 12.1. The molecule has 1 N–H and O–H groups in total. The van der Waals surface area contributed by atoms with Gasteiger partial charge in [-0.25, -0.2) is 4.79 Å². The molecule has 0 saturated heterocycles. The van der Waals surface area contributed by atoms with Gasteiger partial charge in [0.15, 0.2) is 6.10 Å². The van der Waals surface area contributed by atoms with Gasteiger partial charge in [-0.2, -0.15) is 0 Å². The van der Waals surface area contributed by atoms with E-state index in [1.807, 2.05) is 13.0 Å². The molecule has 188 valence electrons. The van der Waals surface area contributed by atoms with Crippen LogP contribution in [0.1, 0.15) is 86.5 Å². The first kappa shape index (κ1) is 31.1. The summed E-state index contributed by atoms with van der Waals surface area (Å²) in [6, 6.07) is 0. The molecular weight excluding hydrogens is 412 g/mol. The molecule has 33 heavy (non-hydrogen) atoms. The van der Waals surface area contributed by atoms with E-state index >= 15 is 0 Å². The molecule has 0 amide bonds. The van der Waals surface area contributed by atoms with Crippen LogP contribution in [0.4, 0.5) is 0 Å². The van der Waals surface area contributed by atoms with Crippen molar-refractivity contribution in [3.05, 3.63) is 59.3 Å². The van der Waals surface area contributed by atoms with E-state index in [9.17, 15) is 4.79 Å². The van der Waals surface area contributed by atoms with E-state index in [4.69, 9.17) is 9.84 Å². The van der Waals surface area contributed by atoms with Crippen LogP contribution in [0.5, 0.6) is 0 Å². The molecule has 0 spiro atoms. The van der Waals surface area contributed by atoms with Gasteiger partial charge in [0.25, 0.3) is 0 Å². The molecule has 0 rings (SSSR count). The Morgan fingerprint density at radius 3 is 2.24 bits per heavy atom. The average Bonchev–Trinajstić information content (AvgIpc) is 2.76. The van der Waals surface area contributed by atoms with E-state index in [0.29, 0.717) is 0 Å². The zero-order valence-corrected chi connectivity index (χ0v) is 22.2. The zero-order chi connectivity index (χ0) is 25.3. The normalized spacial score (nSPS) is 13.8. The number of hydrogen-bond donors (Lipinski definition) is 1. The molecule has 0 radical (unpaired) electrons. The summed E-state index contributed by atoms with van der Waals surface area (Å²) in [6.07, 6.45) is 17.4. The molecule has 0 fully saturated rings. The molecule has 0 heterocycles. The minimum Gasteiger partial charge on any atom is -0.467 e. The molecule has 0 aromatic rings. The van der Waals surface area contributed by atoms with E-state index in [-0.39, 0.29) is 18.6 Å². The van der Waals surface area contributed by atoms with Gasteiger partial charge in [-0.05, 0) is 78.1 Å². The summed E-state index contributed by atoms with van der Waals surface area (Å²) < 4.78 is 9.95. The van der Waals surface area contributed by atoms with E-state index in [1.165, 1.54) is 29.4 Å². The minimum absolute atomic E-state index is 0.140. The summed E-state index contributed by atoms with van der Waals surface area (Å²) in [5, 5.41) is 9.16. The SMILES string of the molecule is C=C(C/C=C(\C)CCC=C(C)C)CCC(C)(C)/C=C/CC/C(C)=C\COC(CO)C(=O)OC. The van der Waals surface area contributed by atoms with Crippen molar-refractivity contribution in [2.24, 2.45) is 5.41 Å². The number of hydrogen-bond acceptors (Lipinski definition) is 4. The highest BCUT2D eigenvalue weighted by Gasteiger charge is 2.17. The molecule has 0 aliphatic heterocycles. The second-order valence-electron chi connectivity index (χ2n) is 9.83. The van der Waals surface area contributed by atoms with Gasteiger partial charge < -0.3 is 14.6 Å². The number of esters is 1. The van der Waals surface area contributed by atoms with Crippen LogP contribution in [-0.2, 0) is 14.3 Å². The highest BCUT2D eigenvalue weighted by atomic mass is 16.6. The largest absolute Gasteiger partial charge is 0.467 e. The van der Waals surface area contributed by atoms with Crippen molar-refractivity contribution < 1.29 is 19.4 Å². The number of carbonyl (C=O) groups excluding carboxylic acids is 1. The van der Waals surface area contributed by atoms with Gasteiger partial charge in [-0.1, -0.05) is 73.1 Å². The van der Waals surface area contributed by atoms with Gasteiger partial charge >= 0.3 is 5.97 Å². The van der Waals surface area contributed by atoms with Crippen LogP contribution in [0.25, 0.3) is 0 Å². The summed E-state index contributed by atoms with van der Waals surface area (Å²) in [5.41, 5.74) is 5.46. The lowest BCUT2D eigenvalue weighted by Crippen LogP contribution is -2.29. The Labute approximate surface area is 203 Å². The second-order valence-corrected chi connectivity index (χ2v) is 9.83. The number of allylic oxidation sites excluding steroid dienone is 8. The molecular formula is C29H48O4. The summed E-state index contributed by atoms with van der Waals surface area (Å²) in [4.78, 5) is 11.4. The summed E-state index contributed by atoms with van der Waals surface area (Å²) in [6.45, 7) is 17.3. The number of aliphatic hydroxyl groups excluding tert-OH is 1. The molecule has 0 saturated carbocycles. The number of methoxy groups -OCH3 is 1. The molecule has 1 atom stereocenters. The van der Waals surface area contributed by atoms with Gasteiger partial charge in [0, 0.05) is 0 Å². The molecule has 0 bridgehead atoms. The minimum atomic E-state index is -0.920. The second kappa shape index (κ2) is 17.6. The summed E-state index contributed by atoms with van der Waals surface area (Å²) in [7, 11) is 1.28. The fraction of sp³-hybridized carbons (Fsp3) is 0.621. The van der Waals surface area contributed by atoms with E-state index in [2.05, 4.69) is 70.2 Å². The molecule has 0 aliphatic rings. The Hall–Kier alpha value is -1.91. The number of ether oxygens (including phenoxy) is 2. The van der Waals surface area contributed by atoms with Crippen LogP contribution >= 0.6 is 0 Å². The smallest absolute Gasteiger partial charge is 0.337 e. The molecule has 0 aromatic carbocycles. The van der Waals surface area contributed by atoms with Crippen LogP contribution < -0.4 is 0 Å². The fourth-order valence-electron chi connectivity index (χ4n) is 3.14. The Morgan fingerprint density at radius 2 is 1.64 bits per heavy atom. The highest BCUT2D eigenvalue weighted by Crippen LogP contribution is 2.27. The fourth-order valence-corrected chi connectivity index (χ4v) is 3.14. The summed E-state index contributed by atoms with van der Waals surface area (Å²) in [5.74, 6) is -0.554. The van der Waals surface area contributed by atoms with E-state index in [1.54, 1.807) is 0 Å². The van der Waals surface area contributed by atoms with Gasteiger partial charge in [0.05, 0.1) is 20.3 Å². The van der Waals surface area contributed by atoms with Crippen molar-refractivity contribution in [1.29, 1.82) is 0 Å². The topological polar surface area (TPSA) is 55.8 Å². The van der Waals surface area contributed by atoms with Crippen LogP contribution in [0.3, 0.4) is 0 Å². The van der Waals surface area contributed by atoms with E-state index in [0.717, 1.165) is 44.9 Å². The van der Waals surface area contributed by atoms with Crippen molar-refractivity contribution >= 4 is 5.97 Å². The lowest BCUT2D eigenvalue weighted by molar-refractivity contribution is -0.155. The van der Waals surface area contributed by atoms with E-state index < -0.39 is 12.1 Å². The molecule has 0 aromatic heterocycles. The quantitative estimate of drug-likeness (QED) is 0.183. The van der Waals surface area contributed by atoms with Gasteiger partial charge in [-0.3, -0.25) is 0 Å². The van der Waals surface area contributed by atoms with Crippen molar-refractivity contribution in [3.8, 4) is 0 Å². The van der Waals surface area contributed by atoms with Gasteiger partial charge in [0.2, 0.25) is 0 Å². The monoisotopic (exact) mass is 460 g/mol. The van der Waals surface area contributed by atoms with Crippen molar-refractivity contribution in [2.45, 2.75) is 92.6 Å². The molecule has 4 nitrogen and oxygen atoms in total. The van der Waals surface area contributed by atoms with Gasteiger partial charge in [0.1, 0.15) is 0 Å². The van der Waals surface area contributed by atoms with Crippen molar-refractivity contribution in [3.63, 3.8) is 0 Å². The predicted octanol–water partition coefficient (Wildman–Crippen LogP) is 7.27. The van der Waals surface area contributed by atoms with Crippen LogP contribution in [0, 0.1) is 5.41 Å². The third-order valence-corrected chi connectivity index (χ3v) is 5.59. The predicted molar refractivity (Wildman–Crippen MR) is 140 cm³/mol. The van der Waals surface area contributed by atoms with Crippen molar-refractivity contribution in [2.75, 3.05) is 20.3 Å². The third-order valence-electron chi connectivity index (χ3n) is 5.59. The Balaban J connectivity index is 4.29. The first-order chi connectivity index (χ1) is 15.5. The Morgan fingerprint density at radius 1 is 1.00 bits per heavy atom. The molecule has 4 heteroatoms. The number of rotatable bonds is 17. The average molecular weight is 461 g/mol. The maximum Gasteiger partial charge on any atom is 0.337 e. The van der Waals surface area contributed by atoms with Crippen molar-refractivity contribution in [1.82, 2.24) is 0 Å². The van der Waals surface area contributed by atoms with Crippen LogP contribution in [0.2, 0.25) is 0 Å².